The molecule has 4 rings (SSSR count). The van der Waals surface area contributed by atoms with Gasteiger partial charge in [0.25, 0.3) is 0 Å². The molecule has 0 bridgehead atoms. The highest BCUT2D eigenvalue weighted by atomic mass is 16.5. The quantitative estimate of drug-likeness (QED) is 0.796. The number of hydrogen-bond acceptors (Lipinski definition) is 3. The first-order valence-corrected chi connectivity index (χ1v) is 8.62. The second-order valence-electron chi connectivity index (χ2n) is 6.39. The molecule has 2 aromatic carbocycles. The van der Waals surface area contributed by atoms with Crippen LogP contribution >= 0.6 is 0 Å². The molecule has 1 N–H and O–H groups in total. The Balaban J connectivity index is 1.39. The summed E-state index contributed by atoms with van der Waals surface area (Å²) in [5.74, 6) is 1.27. The van der Waals surface area contributed by atoms with Crippen molar-refractivity contribution in [2.75, 3.05) is 13.2 Å². The van der Waals surface area contributed by atoms with Crippen LogP contribution in [0, 0.1) is 0 Å². The fraction of sp³-hybridized carbons (Fsp3) is 0.238. The van der Waals surface area contributed by atoms with Gasteiger partial charge < -0.3 is 10.1 Å². The minimum absolute atomic E-state index is 0.0288. The molecule has 3 aromatic rings. The van der Waals surface area contributed by atoms with Gasteiger partial charge in [-0.3, -0.25) is 9.78 Å². The van der Waals surface area contributed by atoms with Crippen LogP contribution in [0.5, 0.6) is 5.75 Å². The number of carbonyl (C=O) groups excluding carboxylic acids is 1. The third-order valence-corrected chi connectivity index (χ3v) is 4.64. The molecule has 0 radical (unpaired) electrons. The molecule has 25 heavy (non-hydrogen) atoms. The van der Waals surface area contributed by atoms with Gasteiger partial charge in [0, 0.05) is 24.0 Å². The van der Waals surface area contributed by atoms with Crippen LogP contribution in [0.3, 0.4) is 0 Å². The second kappa shape index (κ2) is 6.93. The van der Waals surface area contributed by atoms with Crippen LogP contribution in [0.4, 0.5) is 0 Å². The lowest BCUT2D eigenvalue weighted by molar-refractivity contribution is -0.120. The molecule has 0 saturated heterocycles. The summed E-state index contributed by atoms with van der Waals surface area (Å²) in [5, 5.41) is 4.13. The summed E-state index contributed by atoms with van der Waals surface area (Å²) in [5.41, 5.74) is 3.07. The summed E-state index contributed by atoms with van der Waals surface area (Å²) >= 11 is 0. The molecule has 0 spiro atoms. The summed E-state index contributed by atoms with van der Waals surface area (Å²) in [4.78, 5) is 16.8. The van der Waals surface area contributed by atoms with Gasteiger partial charge in [-0.05, 0) is 35.7 Å². The lowest BCUT2D eigenvalue weighted by Gasteiger charge is -2.26. The Hall–Kier alpha value is -2.88. The van der Waals surface area contributed by atoms with E-state index in [-0.39, 0.29) is 5.91 Å². The third-order valence-electron chi connectivity index (χ3n) is 4.64. The minimum atomic E-state index is 0.0288. The van der Waals surface area contributed by atoms with Crippen LogP contribution in [0.2, 0.25) is 0 Å². The Bertz CT molecular complexity index is 907. The summed E-state index contributed by atoms with van der Waals surface area (Å²) in [6, 6.07) is 18.0. The van der Waals surface area contributed by atoms with E-state index < -0.39 is 0 Å². The van der Waals surface area contributed by atoms with Crippen molar-refractivity contribution in [1.82, 2.24) is 10.3 Å². The predicted molar refractivity (Wildman–Crippen MR) is 97.8 cm³/mol. The van der Waals surface area contributed by atoms with Gasteiger partial charge in [-0.2, -0.15) is 0 Å². The summed E-state index contributed by atoms with van der Waals surface area (Å²) in [7, 11) is 0. The van der Waals surface area contributed by atoms with E-state index in [9.17, 15) is 4.79 Å². The molecule has 1 aliphatic rings. The molecular weight excluding hydrogens is 312 g/mol. The Morgan fingerprint density at radius 1 is 1.16 bits per heavy atom. The molecule has 4 heteroatoms. The van der Waals surface area contributed by atoms with Crippen LogP contribution in [-0.2, 0) is 11.2 Å². The zero-order valence-electron chi connectivity index (χ0n) is 13.9. The third kappa shape index (κ3) is 3.48. The van der Waals surface area contributed by atoms with Crippen molar-refractivity contribution in [2.24, 2.45) is 0 Å². The van der Waals surface area contributed by atoms with E-state index in [1.54, 1.807) is 6.20 Å². The monoisotopic (exact) mass is 332 g/mol. The van der Waals surface area contributed by atoms with Crippen molar-refractivity contribution in [2.45, 2.75) is 18.8 Å². The number of benzene rings is 2. The van der Waals surface area contributed by atoms with Crippen LogP contribution in [0.25, 0.3) is 10.9 Å². The van der Waals surface area contributed by atoms with Crippen LogP contribution < -0.4 is 10.1 Å². The van der Waals surface area contributed by atoms with Gasteiger partial charge in [-0.1, -0.05) is 36.4 Å². The van der Waals surface area contributed by atoms with Crippen molar-refractivity contribution in [3.05, 3.63) is 71.9 Å². The van der Waals surface area contributed by atoms with E-state index in [0.29, 0.717) is 25.5 Å². The Labute approximate surface area is 146 Å². The number of nitrogens with zero attached hydrogens (tertiary/aromatic N) is 1. The molecule has 1 aromatic heterocycles. The summed E-state index contributed by atoms with van der Waals surface area (Å²) in [6.45, 7) is 1.34. The van der Waals surface area contributed by atoms with Gasteiger partial charge >= 0.3 is 0 Å². The Kier molecular flexibility index (Phi) is 4.34. The van der Waals surface area contributed by atoms with E-state index in [2.05, 4.69) is 16.4 Å². The molecule has 1 unspecified atom stereocenters. The number of carbonyl (C=O) groups is 1. The number of nitrogens with one attached hydrogen (secondary N) is 1. The molecule has 1 aliphatic heterocycles. The second-order valence-corrected chi connectivity index (χ2v) is 6.39. The lowest BCUT2D eigenvalue weighted by Crippen LogP contribution is -2.31. The number of amides is 1. The van der Waals surface area contributed by atoms with Gasteiger partial charge in [-0.15, -0.1) is 0 Å². The van der Waals surface area contributed by atoms with E-state index in [1.165, 1.54) is 5.56 Å². The van der Waals surface area contributed by atoms with E-state index >= 15 is 0 Å². The highest BCUT2D eigenvalue weighted by Gasteiger charge is 2.21. The molecule has 1 amide bonds. The molecule has 0 fully saturated rings. The Morgan fingerprint density at radius 2 is 2.00 bits per heavy atom. The number of fused-ring (bicyclic) bond motifs is 2. The molecule has 1 atom stereocenters. The Morgan fingerprint density at radius 3 is 2.96 bits per heavy atom. The number of pyridine rings is 1. The predicted octanol–water partition coefficient (Wildman–Crippen LogP) is 3.46. The van der Waals surface area contributed by atoms with Gasteiger partial charge in [-0.25, -0.2) is 0 Å². The molecule has 2 heterocycles. The van der Waals surface area contributed by atoms with Gasteiger partial charge in [0.2, 0.25) is 5.91 Å². The van der Waals surface area contributed by atoms with Crippen LogP contribution in [-0.4, -0.2) is 24.0 Å². The molecule has 126 valence electrons. The van der Waals surface area contributed by atoms with Crippen molar-refractivity contribution in [1.29, 1.82) is 0 Å². The number of hydrogen-bond donors (Lipinski definition) is 1. The maximum Gasteiger partial charge on any atom is 0.224 e. The first-order chi connectivity index (χ1) is 12.3. The highest BCUT2D eigenvalue weighted by Crippen LogP contribution is 2.32. The average Bonchev–Trinajstić information content (AvgIpc) is 2.66. The van der Waals surface area contributed by atoms with Crippen molar-refractivity contribution in [3.8, 4) is 5.75 Å². The van der Waals surface area contributed by atoms with Crippen molar-refractivity contribution >= 4 is 16.8 Å². The molecule has 0 saturated carbocycles. The van der Waals surface area contributed by atoms with Gasteiger partial charge in [0.1, 0.15) is 5.75 Å². The number of ether oxygens (including phenoxy) is 1. The maximum atomic E-state index is 12.3. The largest absolute Gasteiger partial charge is 0.493 e. The van der Waals surface area contributed by atoms with E-state index in [0.717, 1.165) is 28.6 Å². The smallest absolute Gasteiger partial charge is 0.224 e. The zero-order valence-corrected chi connectivity index (χ0v) is 13.9. The number of aromatic nitrogens is 1. The van der Waals surface area contributed by atoms with E-state index in [4.69, 9.17) is 4.74 Å². The SMILES string of the molecule is O=C(Cc1cnc2ccccc2c1)NCC1CCOc2ccccc21. The standard InChI is InChI=1S/C21H20N2O2/c24-21(12-15-11-16-5-1-3-7-19(16)22-13-15)23-14-17-9-10-25-20-8-4-2-6-18(17)20/h1-8,11,13,17H,9-10,12,14H2,(H,23,24). The fourth-order valence-corrected chi connectivity index (χ4v) is 3.33. The van der Waals surface area contributed by atoms with Crippen molar-refractivity contribution in [3.63, 3.8) is 0 Å². The number of para-hydroxylation sites is 2. The minimum Gasteiger partial charge on any atom is -0.493 e. The fourth-order valence-electron chi connectivity index (χ4n) is 3.33. The summed E-state index contributed by atoms with van der Waals surface area (Å²) in [6.07, 6.45) is 3.06. The zero-order chi connectivity index (χ0) is 17.1. The van der Waals surface area contributed by atoms with Crippen LogP contribution in [0.1, 0.15) is 23.5 Å². The van der Waals surface area contributed by atoms with Gasteiger partial charge in [0.15, 0.2) is 0 Å². The van der Waals surface area contributed by atoms with E-state index in [1.807, 2.05) is 48.5 Å². The average molecular weight is 332 g/mol. The molecule has 0 aliphatic carbocycles. The van der Waals surface area contributed by atoms with Crippen LogP contribution in [0.15, 0.2) is 60.8 Å². The lowest BCUT2D eigenvalue weighted by atomic mass is 9.93. The topological polar surface area (TPSA) is 51.2 Å². The summed E-state index contributed by atoms with van der Waals surface area (Å²) < 4.78 is 5.68. The van der Waals surface area contributed by atoms with Crippen molar-refractivity contribution < 1.29 is 9.53 Å². The number of rotatable bonds is 4. The highest BCUT2D eigenvalue weighted by molar-refractivity contribution is 5.82. The first-order valence-electron chi connectivity index (χ1n) is 8.62. The first kappa shape index (κ1) is 15.6. The molecular formula is C21H20N2O2. The van der Waals surface area contributed by atoms with Gasteiger partial charge in [0.05, 0.1) is 18.5 Å². The maximum absolute atomic E-state index is 12.3. The molecule has 4 nitrogen and oxygen atoms in total. The normalized spacial score (nSPS) is 16.1.